The van der Waals surface area contributed by atoms with Crippen molar-refractivity contribution in [1.82, 2.24) is 4.98 Å². The van der Waals surface area contributed by atoms with Crippen LogP contribution in [-0.4, -0.2) is 12.8 Å². The van der Waals surface area contributed by atoms with Gasteiger partial charge in [0, 0.05) is 17.8 Å². The lowest BCUT2D eigenvalue weighted by atomic mass is 9.90. The van der Waals surface area contributed by atoms with Gasteiger partial charge in [0.1, 0.15) is 7.85 Å². The molecule has 1 atom stereocenters. The minimum atomic E-state index is 0.682. The fourth-order valence-corrected chi connectivity index (χ4v) is 2.25. The molecule has 0 aliphatic heterocycles. The second-order valence-corrected chi connectivity index (χ2v) is 5.10. The molecule has 0 aliphatic carbocycles. The minimum absolute atomic E-state index is 0.682. The SMILES string of the molecule is Bc1ccc(C(CCCC)CCCCC)nc1. The molecule has 1 nitrogen and oxygen atoms in total. The van der Waals surface area contributed by atoms with Gasteiger partial charge in [0.2, 0.25) is 0 Å². The maximum atomic E-state index is 4.61. The Morgan fingerprint density at radius 1 is 1.06 bits per heavy atom. The van der Waals surface area contributed by atoms with Crippen LogP contribution in [0, 0.1) is 0 Å². The van der Waals surface area contributed by atoms with Gasteiger partial charge in [0.25, 0.3) is 0 Å². The number of aromatic nitrogens is 1. The van der Waals surface area contributed by atoms with E-state index >= 15 is 0 Å². The average Bonchev–Trinajstić information content (AvgIpc) is 2.35. The van der Waals surface area contributed by atoms with E-state index < -0.39 is 0 Å². The summed E-state index contributed by atoms with van der Waals surface area (Å²) >= 11 is 0. The molecule has 0 saturated heterocycles. The highest BCUT2D eigenvalue weighted by atomic mass is 14.7. The molecule has 1 rings (SSSR count). The summed E-state index contributed by atoms with van der Waals surface area (Å²) in [5.74, 6) is 0.682. The van der Waals surface area contributed by atoms with E-state index in [1.807, 2.05) is 6.20 Å². The van der Waals surface area contributed by atoms with Gasteiger partial charge in [-0.25, -0.2) is 0 Å². The molecule has 0 spiro atoms. The predicted octanol–water partition coefficient (Wildman–Crippen LogP) is 3.19. The number of nitrogens with zero attached hydrogens (tertiary/aromatic N) is 1. The summed E-state index contributed by atoms with van der Waals surface area (Å²) in [6, 6.07) is 4.42. The Hall–Kier alpha value is -0.785. The standard InChI is InChI=1S/C15H26BN/c1-3-5-7-9-13(8-6-4-2)15-11-10-14(16)12-17-15/h10-13H,3-9,16H2,1-2H3. The van der Waals surface area contributed by atoms with Crippen molar-refractivity contribution >= 4 is 13.3 Å². The largest absolute Gasteiger partial charge is 0.262 e. The smallest absolute Gasteiger partial charge is 0.141 e. The molecule has 1 unspecified atom stereocenters. The molecule has 0 fully saturated rings. The molecule has 2 heteroatoms. The third kappa shape index (κ3) is 5.38. The highest BCUT2D eigenvalue weighted by Crippen LogP contribution is 2.25. The Kier molecular flexibility index (Phi) is 6.99. The molecule has 0 aromatic carbocycles. The molecule has 0 amide bonds. The van der Waals surface area contributed by atoms with Gasteiger partial charge in [-0.05, 0) is 18.9 Å². The topological polar surface area (TPSA) is 12.9 Å². The van der Waals surface area contributed by atoms with Gasteiger partial charge in [-0.1, -0.05) is 57.5 Å². The first-order valence-corrected chi connectivity index (χ1v) is 7.20. The molecule has 1 aromatic heterocycles. The summed E-state index contributed by atoms with van der Waals surface area (Å²) in [5.41, 5.74) is 2.57. The van der Waals surface area contributed by atoms with Crippen LogP contribution in [0.25, 0.3) is 0 Å². The highest BCUT2D eigenvalue weighted by molar-refractivity contribution is 6.32. The number of hydrogen-bond donors (Lipinski definition) is 0. The molecule has 0 N–H and O–H groups in total. The first kappa shape index (κ1) is 14.3. The molecule has 0 radical (unpaired) electrons. The molecule has 94 valence electrons. The molecule has 17 heavy (non-hydrogen) atoms. The fourth-order valence-electron chi connectivity index (χ4n) is 2.25. The molecular weight excluding hydrogens is 205 g/mol. The van der Waals surface area contributed by atoms with Gasteiger partial charge < -0.3 is 0 Å². The van der Waals surface area contributed by atoms with Gasteiger partial charge >= 0.3 is 0 Å². The molecule has 0 aliphatic rings. The Balaban J connectivity index is 2.57. The van der Waals surface area contributed by atoms with E-state index in [4.69, 9.17) is 0 Å². The van der Waals surface area contributed by atoms with Gasteiger partial charge in [-0.3, -0.25) is 4.98 Å². The van der Waals surface area contributed by atoms with Crippen molar-refractivity contribution in [1.29, 1.82) is 0 Å². The van der Waals surface area contributed by atoms with Crippen LogP contribution >= 0.6 is 0 Å². The zero-order valence-corrected chi connectivity index (χ0v) is 11.7. The highest BCUT2D eigenvalue weighted by Gasteiger charge is 2.11. The van der Waals surface area contributed by atoms with E-state index in [-0.39, 0.29) is 0 Å². The van der Waals surface area contributed by atoms with Crippen LogP contribution in [0.15, 0.2) is 18.3 Å². The van der Waals surface area contributed by atoms with E-state index in [2.05, 4.69) is 38.8 Å². The van der Waals surface area contributed by atoms with E-state index in [1.165, 1.54) is 56.1 Å². The monoisotopic (exact) mass is 231 g/mol. The van der Waals surface area contributed by atoms with Crippen molar-refractivity contribution < 1.29 is 0 Å². The van der Waals surface area contributed by atoms with Crippen molar-refractivity contribution in [3.63, 3.8) is 0 Å². The summed E-state index contributed by atoms with van der Waals surface area (Å²) in [5, 5.41) is 0. The van der Waals surface area contributed by atoms with Crippen LogP contribution in [0.1, 0.15) is 70.4 Å². The maximum Gasteiger partial charge on any atom is 0.141 e. The summed E-state index contributed by atoms with van der Waals surface area (Å²) < 4.78 is 0. The predicted molar refractivity (Wildman–Crippen MR) is 78.8 cm³/mol. The molecule has 0 bridgehead atoms. The average molecular weight is 231 g/mol. The zero-order chi connectivity index (χ0) is 12.5. The first-order valence-electron chi connectivity index (χ1n) is 7.20. The Morgan fingerprint density at radius 2 is 1.76 bits per heavy atom. The van der Waals surface area contributed by atoms with Gasteiger partial charge in [0.05, 0.1) is 0 Å². The Bertz CT molecular complexity index is 294. The quantitative estimate of drug-likeness (QED) is 0.494. The zero-order valence-electron chi connectivity index (χ0n) is 11.7. The molecule has 0 saturated carbocycles. The second-order valence-electron chi connectivity index (χ2n) is 5.10. The maximum absolute atomic E-state index is 4.61. The van der Waals surface area contributed by atoms with Crippen molar-refractivity contribution in [2.45, 2.75) is 64.7 Å². The first-order chi connectivity index (χ1) is 8.27. The molecule has 1 aromatic rings. The lowest BCUT2D eigenvalue weighted by molar-refractivity contribution is 0.506. The lowest BCUT2D eigenvalue weighted by Crippen LogP contribution is -2.08. The van der Waals surface area contributed by atoms with Crippen LogP contribution in [0.5, 0.6) is 0 Å². The van der Waals surface area contributed by atoms with Crippen molar-refractivity contribution in [2.24, 2.45) is 0 Å². The van der Waals surface area contributed by atoms with Gasteiger partial charge in [0.15, 0.2) is 0 Å². The Labute approximate surface area is 107 Å². The van der Waals surface area contributed by atoms with Gasteiger partial charge in [-0.2, -0.15) is 0 Å². The summed E-state index contributed by atoms with van der Waals surface area (Å²) in [4.78, 5) is 4.61. The van der Waals surface area contributed by atoms with Crippen LogP contribution in [0.3, 0.4) is 0 Å². The Morgan fingerprint density at radius 3 is 2.35 bits per heavy atom. The fraction of sp³-hybridized carbons (Fsp3) is 0.667. The lowest BCUT2D eigenvalue weighted by Gasteiger charge is -2.16. The van der Waals surface area contributed by atoms with E-state index in [1.54, 1.807) is 0 Å². The van der Waals surface area contributed by atoms with Crippen LogP contribution < -0.4 is 5.46 Å². The van der Waals surface area contributed by atoms with E-state index in [0.29, 0.717) is 5.92 Å². The third-order valence-corrected chi connectivity index (χ3v) is 3.41. The van der Waals surface area contributed by atoms with Crippen LogP contribution in [0.4, 0.5) is 0 Å². The second kappa shape index (κ2) is 8.33. The van der Waals surface area contributed by atoms with Gasteiger partial charge in [-0.15, -0.1) is 0 Å². The summed E-state index contributed by atoms with van der Waals surface area (Å²) in [6.07, 6.45) is 11.2. The number of unbranched alkanes of at least 4 members (excludes halogenated alkanes) is 3. The summed E-state index contributed by atoms with van der Waals surface area (Å²) in [6.45, 7) is 4.54. The third-order valence-electron chi connectivity index (χ3n) is 3.41. The van der Waals surface area contributed by atoms with Crippen LogP contribution in [0.2, 0.25) is 0 Å². The van der Waals surface area contributed by atoms with Crippen LogP contribution in [-0.2, 0) is 0 Å². The number of pyridine rings is 1. The van der Waals surface area contributed by atoms with Crippen molar-refractivity contribution in [3.8, 4) is 0 Å². The normalized spacial score (nSPS) is 12.6. The summed E-state index contributed by atoms with van der Waals surface area (Å²) in [7, 11) is 2.11. The van der Waals surface area contributed by atoms with E-state index in [0.717, 1.165) is 0 Å². The van der Waals surface area contributed by atoms with Crippen molar-refractivity contribution in [3.05, 3.63) is 24.0 Å². The van der Waals surface area contributed by atoms with Crippen molar-refractivity contribution in [2.75, 3.05) is 0 Å². The number of rotatable bonds is 8. The minimum Gasteiger partial charge on any atom is -0.262 e. The molecular formula is C15H26BN. The number of hydrogen-bond acceptors (Lipinski definition) is 1. The van der Waals surface area contributed by atoms with E-state index in [9.17, 15) is 0 Å². The molecule has 1 heterocycles.